The first-order chi connectivity index (χ1) is 15.6. The van der Waals surface area contributed by atoms with Crippen molar-refractivity contribution in [3.63, 3.8) is 0 Å². The summed E-state index contributed by atoms with van der Waals surface area (Å²) in [6.45, 7) is 5.20. The Labute approximate surface area is 197 Å². The van der Waals surface area contributed by atoms with Crippen LogP contribution in [0.1, 0.15) is 48.3 Å². The maximum atomic E-state index is 12.8. The van der Waals surface area contributed by atoms with Crippen LogP contribution >= 0.6 is 15.9 Å². The Morgan fingerprint density at radius 3 is 2.53 bits per heavy atom. The summed E-state index contributed by atoms with van der Waals surface area (Å²) in [6.07, 6.45) is 3.62. The van der Waals surface area contributed by atoms with Gasteiger partial charge in [0.1, 0.15) is 5.75 Å². The van der Waals surface area contributed by atoms with E-state index in [0.29, 0.717) is 18.9 Å². The van der Waals surface area contributed by atoms with Gasteiger partial charge in [-0.2, -0.15) is 0 Å². The summed E-state index contributed by atoms with van der Waals surface area (Å²) >= 11 is 3.42. The zero-order valence-electron chi connectivity index (χ0n) is 18.2. The second kappa shape index (κ2) is 10.8. The van der Waals surface area contributed by atoms with Crippen LogP contribution in [0, 0.1) is 0 Å². The minimum absolute atomic E-state index is 0.104. The van der Waals surface area contributed by atoms with Gasteiger partial charge in [0.2, 0.25) is 0 Å². The van der Waals surface area contributed by atoms with Crippen molar-refractivity contribution < 1.29 is 14.1 Å². The van der Waals surface area contributed by atoms with Gasteiger partial charge in [-0.3, -0.25) is 9.69 Å². The highest BCUT2D eigenvalue weighted by Crippen LogP contribution is 2.26. The van der Waals surface area contributed by atoms with Gasteiger partial charge in [-0.05, 0) is 62.7 Å². The summed E-state index contributed by atoms with van der Waals surface area (Å²) in [6, 6.07) is 17.7. The van der Waals surface area contributed by atoms with E-state index in [2.05, 4.69) is 43.4 Å². The number of amides is 1. The fourth-order valence-electron chi connectivity index (χ4n) is 4.05. The Hall–Kier alpha value is -2.64. The number of carbonyl (C=O) groups is 1. The molecule has 0 aliphatic carbocycles. The first-order valence-electron chi connectivity index (χ1n) is 11.1. The molecule has 1 atom stereocenters. The van der Waals surface area contributed by atoms with Gasteiger partial charge in [0, 0.05) is 22.6 Å². The van der Waals surface area contributed by atoms with Gasteiger partial charge in [-0.25, -0.2) is 0 Å². The van der Waals surface area contributed by atoms with Crippen LogP contribution in [0.5, 0.6) is 5.75 Å². The minimum Gasteiger partial charge on any atom is -0.494 e. The number of halogens is 1. The largest absolute Gasteiger partial charge is 0.494 e. The smallest absolute Gasteiger partial charge is 0.273 e. The SMILES string of the molecule is CCOc1ccc(C(CNC(=O)c2cc(-c3ccc(Br)cc3)on2)N2CCCCC2)cc1. The quantitative estimate of drug-likeness (QED) is 0.447. The van der Waals surface area contributed by atoms with E-state index < -0.39 is 0 Å². The summed E-state index contributed by atoms with van der Waals surface area (Å²) in [4.78, 5) is 15.3. The van der Waals surface area contributed by atoms with E-state index in [4.69, 9.17) is 9.26 Å². The minimum atomic E-state index is -0.231. The highest BCUT2D eigenvalue weighted by atomic mass is 79.9. The predicted molar refractivity (Wildman–Crippen MR) is 128 cm³/mol. The van der Waals surface area contributed by atoms with Crippen molar-refractivity contribution in [2.75, 3.05) is 26.2 Å². The van der Waals surface area contributed by atoms with E-state index in [1.54, 1.807) is 6.07 Å². The molecule has 1 saturated heterocycles. The third kappa shape index (κ3) is 5.58. The topological polar surface area (TPSA) is 67.6 Å². The molecule has 3 aromatic rings. The van der Waals surface area contributed by atoms with Crippen LogP contribution in [0.2, 0.25) is 0 Å². The van der Waals surface area contributed by atoms with E-state index in [1.807, 2.05) is 43.3 Å². The maximum absolute atomic E-state index is 12.8. The lowest BCUT2D eigenvalue weighted by Gasteiger charge is -2.35. The molecule has 2 aromatic carbocycles. The lowest BCUT2D eigenvalue weighted by atomic mass is 10.0. The van der Waals surface area contributed by atoms with Crippen LogP contribution in [-0.4, -0.2) is 42.2 Å². The molecule has 4 rings (SSSR count). The van der Waals surface area contributed by atoms with Crippen LogP contribution in [0.3, 0.4) is 0 Å². The number of aromatic nitrogens is 1. The van der Waals surface area contributed by atoms with E-state index >= 15 is 0 Å². The van der Waals surface area contributed by atoms with Crippen molar-refractivity contribution in [3.05, 3.63) is 70.3 Å². The maximum Gasteiger partial charge on any atom is 0.273 e. The van der Waals surface area contributed by atoms with E-state index in [1.165, 1.54) is 24.8 Å². The first kappa shape index (κ1) is 22.6. The molecule has 0 bridgehead atoms. The monoisotopic (exact) mass is 497 g/mol. The van der Waals surface area contributed by atoms with Crippen molar-refractivity contribution in [3.8, 4) is 17.1 Å². The van der Waals surface area contributed by atoms with Gasteiger partial charge in [0.15, 0.2) is 11.5 Å². The van der Waals surface area contributed by atoms with Crippen LogP contribution in [-0.2, 0) is 0 Å². The summed E-state index contributed by atoms with van der Waals surface area (Å²) in [5.41, 5.74) is 2.33. The molecule has 1 aromatic heterocycles. The zero-order chi connectivity index (χ0) is 22.3. The number of likely N-dealkylation sites (tertiary alicyclic amines) is 1. The molecule has 1 unspecified atom stereocenters. The highest BCUT2D eigenvalue weighted by Gasteiger charge is 2.24. The molecule has 0 saturated carbocycles. The number of rotatable bonds is 8. The number of carbonyl (C=O) groups excluding carboxylic acids is 1. The van der Waals surface area contributed by atoms with Gasteiger partial charge in [-0.15, -0.1) is 0 Å². The molecule has 7 heteroatoms. The fraction of sp³-hybridized carbons (Fsp3) is 0.360. The molecule has 168 valence electrons. The van der Waals surface area contributed by atoms with Crippen molar-refractivity contribution in [1.29, 1.82) is 0 Å². The summed E-state index contributed by atoms with van der Waals surface area (Å²) in [7, 11) is 0. The number of nitrogens with one attached hydrogen (secondary N) is 1. The molecule has 6 nitrogen and oxygen atoms in total. The number of piperidine rings is 1. The molecule has 1 N–H and O–H groups in total. The average molecular weight is 498 g/mol. The third-order valence-corrected chi connectivity index (χ3v) is 6.26. The number of hydrogen-bond acceptors (Lipinski definition) is 5. The Balaban J connectivity index is 1.45. The lowest BCUT2D eigenvalue weighted by Crippen LogP contribution is -2.40. The molecule has 0 radical (unpaired) electrons. The second-order valence-corrected chi connectivity index (χ2v) is 8.82. The fourth-order valence-corrected chi connectivity index (χ4v) is 4.32. The Kier molecular flexibility index (Phi) is 7.60. The standard InChI is InChI=1S/C25H28BrN3O3/c1-2-31-21-12-8-18(9-13-21)23(29-14-4-3-5-15-29)17-27-25(30)22-16-24(32-28-22)19-6-10-20(26)11-7-19/h6-13,16,23H,2-5,14-15,17H2,1H3,(H,27,30). The lowest BCUT2D eigenvalue weighted by molar-refractivity contribution is 0.0915. The molecule has 1 amide bonds. The van der Waals surface area contributed by atoms with E-state index in [9.17, 15) is 4.79 Å². The Bertz CT molecular complexity index is 1010. The van der Waals surface area contributed by atoms with Gasteiger partial charge < -0.3 is 14.6 Å². The normalized spacial score (nSPS) is 15.3. The second-order valence-electron chi connectivity index (χ2n) is 7.91. The van der Waals surface area contributed by atoms with Gasteiger partial charge in [0.25, 0.3) is 5.91 Å². The number of hydrogen-bond donors (Lipinski definition) is 1. The molecule has 32 heavy (non-hydrogen) atoms. The third-order valence-electron chi connectivity index (χ3n) is 5.73. The van der Waals surface area contributed by atoms with E-state index in [-0.39, 0.29) is 17.6 Å². The van der Waals surface area contributed by atoms with Crippen molar-refractivity contribution in [2.24, 2.45) is 0 Å². The number of benzene rings is 2. The Morgan fingerprint density at radius 1 is 1.12 bits per heavy atom. The summed E-state index contributed by atoms with van der Waals surface area (Å²) in [5.74, 6) is 1.20. The van der Waals surface area contributed by atoms with Crippen molar-refractivity contribution >= 4 is 21.8 Å². The summed E-state index contributed by atoms with van der Waals surface area (Å²) in [5, 5.41) is 7.05. The van der Waals surface area contributed by atoms with Gasteiger partial charge in [-0.1, -0.05) is 51.8 Å². The molecular formula is C25H28BrN3O3. The van der Waals surface area contributed by atoms with Crippen molar-refractivity contribution in [1.82, 2.24) is 15.4 Å². The van der Waals surface area contributed by atoms with Crippen LogP contribution in [0.25, 0.3) is 11.3 Å². The predicted octanol–water partition coefficient (Wildman–Crippen LogP) is 5.46. The van der Waals surface area contributed by atoms with Crippen LogP contribution in [0.4, 0.5) is 0 Å². The van der Waals surface area contributed by atoms with Crippen LogP contribution < -0.4 is 10.1 Å². The van der Waals surface area contributed by atoms with E-state index in [0.717, 1.165) is 28.9 Å². The number of nitrogens with zero attached hydrogens (tertiary/aromatic N) is 2. The Morgan fingerprint density at radius 2 is 1.84 bits per heavy atom. The van der Waals surface area contributed by atoms with Gasteiger partial charge in [0.05, 0.1) is 12.6 Å². The molecule has 1 aliphatic rings. The average Bonchev–Trinajstić information content (AvgIpc) is 3.32. The van der Waals surface area contributed by atoms with Crippen molar-refractivity contribution in [2.45, 2.75) is 32.2 Å². The first-order valence-corrected chi connectivity index (χ1v) is 11.9. The van der Waals surface area contributed by atoms with Gasteiger partial charge >= 0.3 is 0 Å². The molecule has 1 fully saturated rings. The zero-order valence-corrected chi connectivity index (χ0v) is 19.8. The molecule has 0 spiro atoms. The molecule has 1 aliphatic heterocycles. The molecule has 2 heterocycles. The number of ether oxygens (including phenoxy) is 1. The molecular weight excluding hydrogens is 470 g/mol. The van der Waals surface area contributed by atoms with Crippen LogP contribution in [0.15, 0.2) is 63.6 Å². The highest BCUT2D eigenvalue weighted by molar-refractivity contribution is 9.10. The summed E-state index contributed by atoms with van der Waals surface area (Å²) < 4.78 is 12.0.